The van der Waals surface area contributed by atoms with Crippen molar-refractivity contribution >= 4 is 15.7 Å². The standard InChI is InChI=1S/C23H23N3O4S/c27-26(28)21-13-7-8-14-22(21)31(29,30)25-17-15-24(16-18-25)23(19-9-3-1-4-10-19)20-11-5-2-6-12-20/h1-14,23H,15-18H2. The van der Waals surface area contributed by atoms with Gasteiger partial charge in [0.2, 0.25) is 10.0 Å². The van der Waals surface area contributed by atoms with Gasteiger partial charge in [0.1, 0.15) is 0 Å². The van der Waals surface area contributed by atoms with Crippen LogP contribution in [0.2, 0.25) is 0 Å². The van der Waals surface area contributed by atoms with Crippen LogP contribution < -0.4 is 0 Å². The van der Waals surface area contributed by atoms with Crippen LogP contribution in [0.1, 0.15) is 17.2 Å². The molecule has 0 aromatic heterocycles. The molecular formula is C23H23N3O4S. The molecule has 8 heteroatoms. The molecule has 1 saturated heterocycles. The number of piperazine rings is 1. The number of hydrogen-bond donors (Lipinski definition) is 0. The lowest BCUT2D eigenvalue weighted by Gasteiger charge is -2.39. The summed E-state index contributed by atoms with van der Waals surface area (Å²) in [5, 5.41) is 11.3. The molecule has 0 N–H and O–H groups in total. The number of sulfonamides is 1. The first-order valence-corrected chi connectivity index (χ1v) is 11.5. The Morgan fingerprint density at radius 1 is 0.742 bits per heavy atom. The van der Waals surface area contributed by atoms with Gasteiger partial charge in [-0.05, 0) is 17.2 Å². The number of nitrogens with zero attached hydrogens (tertiary/aromatic N) is 3. The van der Waals surface area contributed by atoms with Gasteiger partial charge < -0.3 is 0 Å². The van der Waals surface area contributed by atoms with Crippen molar-refractivity contribution in [1.29, 1.82) is 0 Å². The molecule has 1 aliphatic heterocycles. The van der Waals surface area contributed by atoms with Gasteiger partial charge in [-0.15, -0.1) is 0 Å². The van der Waals surface area contributed by atoms with E-state index in [2.05, 4.69) is 29.2 Å². The third-order valence-corrected chi connectivity index (χ3v) is 7.49. The van der Waals surface area contributed by atoms with E-state index in [9.17, 15) is 18.5 Å². The molecule has 0 radical (unpaired) electrons. The fraction of sp³-hybridized carbons (Fsp3) is 0.217. The highest BCUT2D eigenvalue weighted by Gasteiger charge is 2.35. The Kier molecular flexibility index (Phi) is 6.13. The van der Waals surface area contributed by atoms with Gasteiger partial charge >= 0.3 is 0 Å². The average Bonchev–Trinajstić information content (AvgIpc) is 2.81. The predicted molar refractivity (Wildman–Crippen MR) is 118 cm³/mol. The zero-order valence-corrected chi connectivity index (χ0v) is 17.7. The van der Waals surface area contributed by atoms with Crippen LogP contribution >= 0.6 is 0 Å². The predicted octanol–water partition coefficient (Wildman–Crippen LogP) is 3.69. The summed E-state index contributed by atoms with van der Waals surface area (Å²) in [5.41, 5.74) is 1.89. The van der Waals surface area contributed by atoms with Gasteiger partial charge in [0.15, 0.2) is 4.90 Å². The number of rotatable bonds is 6. The molecule has 0 unspecified atom stereocenters. The van der Waals surface area contributed by atoms with Gasteiger partial charge in [-0.3, -0.25) is 15.0 Å². The van der Waals surface area contributed by atoms with Gasteiger partial charge in [-0.1, -0.05) is 72.8 Å². The molecule has 1 heterocycles. The Morgan fingerprint density at radius 2 is 1.23 bits per heavy atom. The van der Waals surface area contributed by atoms with Crippen molar-refractivity contribution in [2.45, 2.75) is 10.9 Å². The van der Waals surface area contributed by atoms with Crippen LogP contribution in [0.15, 0.2) is 89.8 Å². The van der Waals surface area contributed by atoms with E-state index in [0.29, 0.717) is 13.1 Å². The second-order valence-corrected chi connectivity index (χ2v) is 9.30. The first-order valence-electron chi connectivity index (χ1n) is 10.1. The summed E-state index contributed by atoms with van der Waals surface area (Å²) in [6.45, 7) is 1.58. The molecule has 1 aliphatic rings. The topological polar surface area (TPSA) is 83.8 Å². The highest BCUT2D eigenvalue weighted by atomic mass is 32.2. The van der Waals surface area contributed by atoms with Crippen molar-refractivity contribution in [3.8, 4) is 0 Å². The SMILES string of the molecule is O=[N+]([O-])c1ccccc1S(=O)(=O)N1CCN(C(c2ccccc2)c2ccccc2)CC1. The Hall–Kier alpha value is -3.07. The van der Waals surface area contributed by atoms with E-state index in [1.807, 2.05) is 36.4 Å². The molecule has 0 aliphatic carbocycles. The second kappa shape index (κ2) is 8.97. The monoisotopic (exact) mass is 437 g/mol. The highest BCUT2D eigenvalue weighted by molar-refractivity contribution is 7.89. The van der Waals surface area contributed by atoms with Crippen molar-refractivity contribution < 1.29 is 13.3 Å². The van der Waals surface area contributed by atoms with Crippen molar-refractivity contribution in [2.75, 3.05) is 26.2 Å². The van der Waals surface area contributed by atoms with Gasteiger partial charge in [-0.25, -0.2) is 8.42 Å². The summed E-state index contributed by atoms with van der Waals surface area (Å²) in [7, 11) is -3.95. The molecule has 31 heavy (non-hydrogen) atoms. The lowest BCUT2D eigenvalue weighted by molar-refractivity contribution is -0.387. The van der Waals surface area contributed by atoms with E-state index in [1.54, 1.807) is 0 Å². The molecule has 4 rings (SSSR count). The third kappa shape index (κ3) is 4.36. The summed E-state index contributed by atoms with van der Waals surface area (Å²) in [4.78, 5) is 12.7. The maximum Gasteiger partial charge on any atom is 0.289 e. The largest absolute Gasteiger partial charge is 0.290 e. The van der Waals surface area contributed by atoms with Crippen LogP contribution in [-0.2, 0) is 10.0 Å². The fourth-order valence-corrected chi connectivity index (χ4v) is 5.63. The van der Waals surface area contributed by atoms with Crippen LogP contribution in [0.5, 0.6) is 0 Å². The minimum absolute atomic E-state index is 0.0123. The third-order valence-electron chi connectivity index (χ3n) is 5.55. The Labute approximate surface area is 181 Å². The Morgan fingerprint density at radius 3 is 1.74 bits per heavy atom. The molecule has 0 spiro atoms. The number of benzene rings is 3. The molecule has 7 nitrogen and oxygen atoms in total. The van der Waals surface area contributed by atoms with Gasteiger partial charge in [-0.2, -0.15) is 4.31 Å². The summed E-state index contributed by atoms with van der Waals surface area (Å²) in [5.74, 6) is 0. The smallest absolute Gasteiger partial charge is 0.289 e. The van der Waals surface area contributed by atoms with E-state index < -0.39 is 20.6 Å². The van der Waals surface area contributed by atoms with Crippen LogP contribution in [0.4, 0.5) is 5.69 Å². The van der Waals surface area contributed by atoms with Crippen molar-refractivity contribution in [1.82, 2.24) is 9.21 Å². The normalized spacial score (nSPS) is 15.8. The zero-order chi connectivity index (χ0) is 21.8. The average molecular weight is 438 g/mol. The first-order chi connectivity index (χ1) is 15.0. The lowest BCUT2D eigenvalue weighted by atomic mass is 9.96. The van der Waals surface area contributed by atoms with Crippen LogP contribution in [0.25, 0.3) is 0 Å². The van der Waals surface area contributed by atoms with Crippen molar-refractivity contribution in [3.05, 3.63) is 106 Å². The Bertz CT molecular complexity index is 1110. The van der Waals surface area contributed by atoms with Crippen molar-refractivity contribution in [3.63, 3.8) is 0 Å². The van der Waals surface area contributed by atoms with E-state index in [4.69, 9.17) is 0 Å². The number of para-hydroxylation sites is 1. The van der Waals surface area contributed by atoms with E-state index in [1.165, 1.54) is 28.6 Å². The molecule has 0 atom stereocenters. The van der Waals surface area contributed by atoms with Crippen LogP contribution in [-0.4, -0.2) is 48.7 Å². The van der Waals surface area contributed by atoms with Crippen molar-refractivity contribution in [2.24, 2.45) is 0 Å². The minimum atomic E-state index is -3.95. The quantitative estimate of drug-likeness (QED) is 0.434. The molecule has 0 saturated carbocycles. The highest BCUT2D eigenvalue weighted by Crippen LogP contribution is 2.31. The number of nitro groups is 1. The molecule has 0 bridgehead atoms. The second-order valence-electron chi connectivity index (χ2n) is 7.39. The summed E-state index contributed by atoms with van der Waals surface area (Å²) in [6.07, 6.45) is 0. The van der Waals surface area contributed by atoms with E-state index >= 15 is 0 Å². The summed E-state index contributed by atoms with van der Waals surface area (Å²) >= 11 is 0. The maximum atomic E-state index is 13.1. The molecule has 3 aromatic rings. The molecule has 3 aromatic carbocycles. The zero-order valence-electron chi connectivity index (χ0n) is 16.9. The van der Waals surface area contributed by atoms with Gasteiger partial charge in [0.25, 0.3) is 5.69 Å². The lowest BCUT2D eigenvalue weighted by Crippen LogP contribution is -2.49. The molecular weight excluding hydrogens is 414 g/mol. The van der Waals surface area contributed by atoms with E-state index in [-0.39, 0.29) is 24.0 Å². The number of hydrogen-bond acceptors (Lipinski definition) is 5. The van der Waals surface area contributed by atoms with Crippen LogP contribution in [0.3, 0.4) is 0 Å². The van der Waals surface area contributed by atoms with Gasteiger partial charge in [0.05, 0.1) is 11.0 Å². The first kappa shape index (κ1) is 21.2. The summed E-state index contributed by atoms with van der Waals surface area (Å²) in [6, 6.07) is 25.8. The fourth-order valence-electron chi connectivity index (χ4n) is 4.05. The summed E-state index contributed by atoms with van der Waals surface area (Å²) < 4.78 is 27.6. The molecule has 1 fully saturated rings. The Balaban J connectivity index is 1.58. The molecule has 0 amide bonds. The molecule has 160 valence electrons. The van der Waals surface area contributed by atoms with E-state index in [0.717, 1.165) is 11.1 Å². The minimum Gasteiger partial charge on any atom is -0.290 e. The van der Waals surface area contributed by atoms with Gasteiger partial charge in [0, 0.05) is 32.2 Å². The number of nitro benzene ring substituents is 1. The maximum absolute atomic E-state index is 13.1. The van der Waals surface area contributed by atoms with Crippen LogP contribution in [0, 0.1) is 10.1 Å².